The van der Waals surface area contributed by atoms with Crippen molar-refractivity contribution in [1.29, 1.82) is 0 Å². The summed E-state index contributed by atoms with van der Waals surface area (Å²) in [6.07, 6.45) is 2.88. The van der Waals surface area contributed by atoms with Crippen LogP contribution in [0.1, 0.15) is 11.1 Å². The first-order valence-corrected chi connectivity index (χ1v) is 4.07. The quantitative estimate of drug-likeness (QED) is 0.305. The SMILES string of the molecule is Cc1ccccc1/[14CH]=C\C(=O)N=[N+]=[N-]. The van der Waals surface area contributed by atoms with E-state index < -0.39 is 5.91 Å². The number of carbonyl (C=O) groups excluding carboxylic acids is 1. The van der Waals surface area contributed by atoms with Crippen LogP contribution in [-0.4, -0.2) is 5.91 Å². The fourth-order valence-electron chi connectivity index (χ4n) is 1.01. The third-order valence-electron chi connectivity index (χ3n) is 1.74. The van der Waals surface area contributed by atoms with E-state index in [-0.39, 0.29) is 0 Å². The van der Waals surface area contributed by atoms with E-state index in [0.717, 1.165) is 11.1 Å². The summed E-state index contributed by atoms with van der Waals surface area (Å²) in [5, 5.41) is 2.92. The molecule has 0 fully saturated rings. The Morgan fingerprint density at radius 2 is 2.29 bits per heavy atom. The molecule has 14 heavy (non-hydrogen) atoms. The van der Waals surface area contributed by atoms with Gasteiger partial charge >= 0.3 is 0 Å². The first-order valence-electron chi connectivity index (χ1n) is 4.07. The van der Waals surface area contributed by atoms with Crippen molar-refractivity contribution in [2.24, 2.45) is 5.11 Å². The zero-order chi connectivity index (χ0) is 10.4. The van der Waals surface area contributed by atoms with E-state index in [2.05, 4.69) is 10.0 Å². The van der Waals surface area contributed by atoms with Crippen LogP contribution in [0.2, 0.25) is 0 Å². The van der Waals surface area contributed by atoms with Crippen LogP contribution >= 0.6 is 0 Å². The molecule has 0 unspecified atom stereocenters. The summed E-state index contributed by atoms with van der Waals surface area (Å²) in [6.45, 7) is 1.94. The number of benzene rings is 1. The maximum Gasteiger partial charge on any atom is 0.242 e. The summed E-state index contributed by atoms with van der Waals surface area (Å²) in [5.41, 5.74) is 10.00. The minimum Gasteiger partial charge on any atom is -0.288 e. The molecule has 1 amide bonds. The van der Waals surface area contributed by atoms with Crippen molar-refractivity contribution < 1.29 is 4.79 Å². The number of aryl methyl sites for hydroxylation is 1. The van der Waals surface area contributed by atoms with Gasteiger partial charge in [0.1, 0.15) is 0 Å². The number of nitrogens with zero attached hydrogens (tertiary/aromatic N) is 3. The molecule has 0 heterocycles. The van der Waals surface area contributed by atoms with Crippen LogP contribution in [0.15, 0.2) is 35.5 Å². The molecule has 0 N–H and O–H groups in total. The molecule has 0 aliphatic heterocycles. The zero-order valence-electron chi connectivity index (χ0n) is 7.71. The van der Waals surface area contributed by atoms with Crippen molar-refractivity contribution in [3.63, 3.8) is 0 Å². The maximum absolute atomic E-state index is 10.8. The Morgan fingerprint density at radius 3 is 2.93 bits per heavy atom. The molecule has 0 saturated carbocycles. The number of hydrogen-bond acceptors (Lipinski definition) is 1. The standard InChI is InChI=1S/C10H9N3O/c1-8-4-2-3-5-9(8)6-7-10(14)12-13-11/h2-7H,1H3/b7-6-/i6+2. The summed E-state index contributed by atoms with van der Waals surface area (Å²) < 4.78 is 0. The molecule has 0 aliphatic rings. The van der Waals surface area contributed by atoms with Crippen molar-refractivity contribution in [3.8, 4) is 0 Å². The lowest BCUT2D eigenvalue weighted by Gasteiger charge is -1.96. The van der Waals surface area contributed by atoms with Crippen molar-refractivity contribution in [1.82, 2.24) is 0 Å². The lowest BCUT2D eigenvalue weighted by atomic mass is 10.2. The summed E-state index contributed by atoms with van der Waals surface area (Å²) in [6, 6.07) is 7.62. The minimum absolute atomic E-state index is 0.587. The average molecular weight is 189 g/mol. The van der Waals surface area contributed by atoms with Gasteiger partial charge in [0.05, 0.1) is 0 Å². The second-order valence-electron chi connectivity index (χ2n) is 2.72. The minimum atomic E-state index is -0.587. The molecule has 1 aromatic carbocycles. The highest BCUT2D eigenvalue weighted by Gasteiger charge is 1.92. The third kappa shape index (κ3) is 2.77. The summed E-state index contributed by atoms with van der Waals surface area (Å²) >= 11 is 0. The van der Waals surface area contributed by atoms with Crippen LogP contribution in [0.5, 0.6) is 0 Å². The molecule has 0 aromatic heterocycles. The van der Waals surface area contributed by atoms with Crippen LogP contribution in [-0.2, 0) is 4.79 Å². The smallest absolute Gasteiger partial charge is 0.242 e. The number of rotatable bonds is 2. The number of hydrogen-bond donors (Lipinski definition) is 0. The Labute approximate surface area is 81.5 Å². The van der Waals surface area contributed by atoms with E-state index in [0.29, 0.717) is 0 Å². The topological polar surface area (TPSA) is 65.8 Å². The second-order valence-corrected chi connectivity index (χ2v) is 2.72. The predicted octanol–water partition coefficient (Wildman–Crippen LogP) is 2.85. The molecular weight excluding hydrogens is 180 g/mol. The van der Waals surface area contributed by atoms with Crippen molar-refractivity contribution in [2.45, 2.75) is 6.92 Å². The lowest BCUT2D eigenvalue weighted by Crippen LogP contribution is -1.84. The van der Waals surface area contributed by atoms with Crippen LogP contribution < -0.4 is 0 Å². The Balaban J connectivity index is 2.83. The van der Waals surface area contributed by atoms with Gasteiger partial charge in [0.15, 0.2) is 0 Å². The van der Waals surface area contributed by atoms with Gasteiger partial charge in [-0.3, -0.25) is 4.79 Å². The van der Waals surface area contributed by atoms with Crippen LogP contribution in [0, 0.1) is 6.92 Å². The van der Waals surface area contributed by atoms with Gasteiger partial charge in [-0.1, -0.05) is 30.3 Å². The normalized spacial score (nSPS) is 9.79. The van der Waals surface area contributed by atoms with Crippen LogP contribution in [0.4, 0.5) is 0 Å². The molecule has 1 rings (SSSR count). The number of amides is 1. The molecule has 0 bridgehead atoms. The van der Waals surface area contributed by atoms with Crippen LogP contribution in [0.25, 0.3) is 16.5 Å². The number of carbonyl (C=O) groups is 1. The van der Waals surface area contributed by atoms with Crippen LogP contribution in [0.3, 0.4) is 0 Å². The van der Waals surface area contributed by atoms with Gasteiger partial charge in [0, 0.05) is 4.91 Å². The van der Waals surface area contributed by atoms with Gasteiger partial charge in [0.25, 0.3) is 0 Å². The van der Waals surface area contributed by atoms with E-state index in [1.54, 1.807) is 6.08 Å². The van der Waals surface area contributed by atoms with Gasteiger partial charge in [-0.05, 0) is 34.8 Å². The maximum atomic E-state index is 10.8. The molecule has 70 valence electrons. The van der Waals surface area contributed by atoms with Gasteiger partial charge in [0.2, 0.25) is 5.91 Å². The van der Waals surface area contributed by atoms with Crippen molar-refractivity contribution in [3.05, 3.63) is 51.9 Å². The van der Waals surface area contributed by atoms with Gasteiger partial charge in [-0.15, -0.1) is 0 Å². The Kier molecular flexibility index (Phi) is 3.47. The Morgan fingerprint density at radius 1 is 1.57 bits per heavy atom. The van der Waals surface area contributed by atoms with E-state index in [4.69, 9.17) is 5.53 Å². The highest BCUT2D eigenvalue weighted by atomic mass is 16.1. The first-order chi connectivity index (χ1) is 6.74. The third-order valence-corrected chi connectivity index (χ3v) is 1.74. The molecule has 4 heteroatoms. The fraction of sp³-hybridized carbons (Fsp3) is 0.100. The fourth-order valence-corrected chi connectivity index (χ4v) is 1.01. The molecule has 0 radical (unpaired) electrons. The summed E-state index contributed by atoms with van der Waals surface area (Å²) in [5.74, 6) is -0.587. The summed E-state index contributed by atoms with van der Waals surface area (Å²) in [7, 11) is 0. The van der Waals surface area contributed by atoms with E-state index in [9.17, 15) is 4.79 Å². The van der Waals surface area contributed by atoms with Gasteiger partial charge in [-0.25, -0.2) is 0 Å². The van der Waals surface area contributed by atoms with E-state index in [1.165, 1.54) is 6.08 Å². The zero-order valence-corrected chi connectivity index (χ0v) is 7.71. The molecule has 0 saturated heterocycles. The van der Waals surface area contributed by atoms with Crippen molar-refractivity contribution in [2.75, 3.05) is 0 Å². The van der Waals surface area contributed by atoms with Gasteiger partial charge in [-0.2, -0.15) is 0 Å². The molecule has 0 spiro atoms. The Bertz CT molecular complexity index is 417. The molecular formula is C10H9N3O. The second kappa shape index (κ2) is 4.84. The van der Waals surface area contributed by atoms with Gasteiger partial charge < -0.3 is 0 Å². The molecule has 1 aromatic rings. The largest absolute Gasteiger partial charge is 0.288 e. The molecule has 4 nitrogen and oxygen atoms in total. The molecule has 0 atom stereocenters. The number of azide groups is 1. The average Bonchev–Trinajstić information content (AvgIpc) is 2.17. The predicted molar refractivity (Wildman–Crippen MR) is 54.4 cm³/mol. The lowest BCUT2D eigenvalue weighted by molar-refractivity contribution is -0.113. The monoisotopic (exact) mass is 189 g/mol. The highest BCUT2D eigenvalue weighted by Crippen LogP contribution is 2.08. The Hall–Kier alpha value is -2.06. The molecule has 0 aliphatic carbocycles. The van der Waals surface area contributed by atoms with E-state index in [1.807, 2.05) is 31.2 Å². The summed E-state index contributed by atoms with van der Waals surface area (Å²) in [4.78, 5) is 13.2. The first kappa shape index (κ1) is 10.0. The van der Waals surface area contributed by atoms with E-state index >= 15 is 0 Å². The highest BCUT2D eigenvalue weighted by molar-refractivity contribution is 5.92. The van der Waals surface area contributed by atoms with Crippen molar-refractivity contribution >= 4 is 12.0 Å².